The topological polar surface area (TPSA) is 6.48 Å². The van der Waals surface area contributed by atoms with Crippen LogP contribution in [0.2, 0.25) is 0 Å². The maximum atomic E-state index is 2.75. The third-order valence-corrected chi connectivity index (χ3v) is 5.89. The van der Waals surface area contributed by atoms with Crippen LogP contribution in [0.25, 0.3) is 0 Å². The van der Waals surface area contributed by atoms with Gasteiger partial charge in [-0.05, 0) is 89.9 Å². The van der Waals surface area contributed by atoms with Crippen LogP contribution in [0.3, 0.4) is 0 Å². The van der Waals surface area contributed by atoms with Gasteiger partial charge in [0.15, 0.2) is 0 Å². The lowest BCUT2D eigenvalue weighted by Crippen LogP contribution is -2.48. The van der Waals surface area contributed by atoms with Crippen LogP contribution in [0, 0.1) is 17.3 Å². The highest BCUT2D eigenvalue weighted by Crippen LogP contribution is 2.35. The molecule has 0 unspecified atom stereocenters. The van der Waals surface area contributed by atoms with Crippen molar-refractivity contribution >= 4 is 0 Å². The number of nitrogens with zero attached hydrogens (tertiary/aromatic N) is 2. The highest BCUT2D eigenvalue weighted by molar-refractivity contribution is 4.85. The van der Waals surface area contributed by atoms with Crippen LogP contribution in [-0.4, -0.2) is 48.1 Å². The summed E-state index contributed by atoms with van der Waals surface area (Å²) in [6.45, 7) is 20.9. The van der Waals surface area contributed by atoms with Crippen molar-refractivity contribution in [3.05, 3.63) is 0 Å². The predicted molar refractivity (Wildman–Crippen MR) is 92.7 cm³/mol. The quantitative estimate of drug-likeness (QED) is 0.751. The molecule has 2 heterocycles. The van der Waals surface area contributed by atoms with Crippen molar-refractivity contribution in [2.24, 2.45) is 17.3 Å². The summed E-state index contributed by atoms with van der Waals surface area (Å²) < 4.78 is 0. The molecule has 0 atom stereocenters. The van der Waals surface area contributed by atoms with Gasteiger partial charge in [-0.1, -0.05) is 20.8 Å². The summed E-state index contributed by atoms with van der Waals surface area (Å²) in [6, 6.07) is 0. The van der Waals surface area contributed by atoms with Crippen molar-refractivity contribution in [3.8, 4) is 0 Å². The first kappa shape index (κ1) is 17.3. The second-order valence-corrected chi connectivity index (χ2v) is 9.54. The van der Waals surface area contributed by atoms with E-state index < -0.39 is 0 Å². The van der Waals surface area contributed by atoms with Gasteiger partial charge in [0.1, 0.15) is 0 Å². The van der Waals surface area contributed by atoms with Crippen molar-refractivity contribution in [3.63, 3.8) is 0 Å². The molecule has 0 bridgehead atoms. The fourth-order valence-electron chi connectivity index (χ4n) is 4.13. The number of piperidine rings is 2. The molecule has 0 aliphatic carbocycles. The zero-order valence-corrected chi connectivity index (χ0v) is 15.4. The van der Waals surface area contributed by atoms with Crippen LogP contribution in [0.4, 0.5) is 0 Å². The lowest BCUT2D eigenvalue weighted by molar-refractivity contribution is 0.0580. The lowest BCUT2D eigenvalue weighted by atomic mass is 9.75. The Morgan fingerprint density at radius 1 is 0.762 bits per heavy atom. The summed E-state index contributed by atoms with van der Waals surface area (Å²) in [6.07, 6.45) is 5.61. The van der Waals surface area contributed by atoms with Gasteiger partial charge in [0.05, 0.1) is 0 Å². The standard InChI is InChI=1S/C19H38N2/c1-18(2,3)17-9-11-20(12-10-17)15-16-7-13-21(14-8-16)19(4,5)6/h16-17H,7-15H2,1-6H3. The summed E-state index contributed by atoms with van der Waals surface area (Å²) in [4.78, 5) is 5.41. The first-order valence-corrected chi connectivity index (χ1v) is 9.13. The Labute approximate surface area is 133 Å². The van der Waals surface area contributed by atoms with Crippen LogP contribution in [-0.2, 0) is 0 Å². The van der Waals surface area contributed by atoms with E-state index in [1.807, 2.05) is 0 Å². The van der Waals surface area contributed by atoms with E-state index in [4.69, 9.17) is 0 Å². The number of hydrogen-bond donors (Lipinski definition) is 0. The first-order valence-electron chi connectivity index (χ1n) is 9.13. The Morgan fingerprint density at radius 2 is 1.29 bits per heavy atom. The van der Waals surface area contributed by atoms with Crippen LogP contribution in [0.1, 0.15) is 67.2 Å². The van der Waals surface area contributed by atoms with Gasteiger partial charge in [-0.2, -0.15) is 0 Å². The van der Waals surface area contributed by atoms with Gasteiger partial charge in [0.2, 0.25) is 0 Å². The molecular weight excluding hydrogens is 256 g/mol. The lowest BCUT2D eigenvalue weighted by Gasteiger charge is -2.43. The smallest absolute Gasteiger partial charge is 0.0125 e. The largest absolute Gasteiger partial charge is 0.303 e. The minimum atomic E-state index is 0.357. The fourth-order valence-corrected chi connectivity index (χ4v) is 4.13. The van der Waals surface area contributed by atoms with Gasteiger partial charge >= 0.3 is 0 Å². The molecule has 2 fully saturated rings. The van der Waals surface area contributed by atoms with Gasteiger partial charge in [-0.15, -0.1) is 0 Å². The van der Waals surface area contributed by atoms with E-state index >= 15 is 0 Å². The van der Waals surface area contributed by atoms with E-state index in [1.54, 1.807) is 0 Å². The molecule has 0 spiro atoms. The first-order chi connectivity index (χ1) is 9.66. The molecule has 2 aliphatic rings. The molecular formula is C19H38N2. The van der Waals surface area contributed by atoms with E-state index in [9.17, 15) is 0 Å². The minimum Gasteiger partial charge on any atom is -0.303 e. The number of likely N-dealkylation sites (tertiary alicyclic amines) is 2. The van der Waals surface area contributed by atoms with Crippen LogP contribution >= 0.6 is 0 Å². The molecule has 2 aliphatic heterocycles. The summed E-state index contributed by atoms with van der Waals surface area (Å²) >= 11 is 0. The van der Waals surface area contributed by atoms with Crippen molar-refractivity contribution < 1.29 is 0 Å². The monoisotopic (exact) mass is 294 g/mol. The maximum absolute atomic E-state index is 2.75. The third-order valence-electron chi connectivity index (χ3n) is 5.89. The van der Waals surface area contributed by atoms with E-state index in [0.717, 1.165) is 11.8 Å². The average Bonchev–Trinajstić information content (AvgIpc) is 2.38. The van der Waals surface area contributed by atoms with Crippen molar-refractivity contribution in [2.75, 3.05) is 32.7 Å². The zero-order valence-electron chi connectivity index (χ0n) is 15.4. The molecule has 124 valence electrons. The summed E-state index contributed by atoms with van der Waals surface area (Å²) in [7, 11) is 0. The van der Waals surface area contributed by atoms with Crippen LogP contribution in [0.5, 0.6) is 0 Å². The molecule has 0 aromatic heterocycles. The average molecular weight is 295 g/mol. The zero-order chi connectivity index (χ0) is 15.7. The molecule has 0 saturated carbocycles. The highest BCUT2D eigenvalue weighted by Gasteiger charge is 2.31. The van der Waals surface area contributed by atoms with E-state index in [1.165, 1.54) is 58.4 Å². The van der Waals surface area contributed by atoms with Crippen molar-refractivity contribution in [1.82, 2.24) is 9.80 Å². The minimum absolute atomic E-state index is 0.357. The highest BCUT2D eigenvalue weighted by atomic mass is 15.2. The molecule has 2 nitrogen and oxygen atoms in total. The summed E-state index contributed by atoms with van der Waals surface area (Å²) in [5.41, 5.74) is 0.861. The van der Waals surface area contributed by atoms with Gasteiger partial charge in [0, 0.05) is 12.1 Å². The molecule has 0 amide bonds. The van der Waals surface area contributed by atoms with E-state index in [2.05, 4.69) is 51.3 Å². The normalized spacial score (nSPS) is 25.4. The molecule has 2 saturated heterocycles. The summed E-state index contributed by atoms with van der Waals surface area (Å²) in [5, 5.41) is 0. The second-order valence-electron chi connectivity index (χ2n) is 9.54. The molecule has 0 aromatic rings. The number of rotatable bonds is 2. The molecule has 2 rings (SSSR count). The van der Waals surface area contributed by atoms with Gasteiger partial charge in [-0.25, -0.2) is 0 Å². The van der Waals surface area contributed by atoms with Gasteiger partial charge in [-0.3, -0.25) is 4.90 Å². The Kier molecular flexibility index (Phi) is 5.41. The Balaban J connectivity index is 1.71. The summed E-state index contributed by atoms with van der Waals surface area (Å²) in [5.74, 6) is 1.87. The van der Waals surface area contributed by atoms with E-state index in [-0.39, 0.29) is 0 Å². The van der Waals surface area contributed by atoms with Gasteiger partial charge in [0.25, 0.3) is 0 Å². The fraction of sp³-hybridized carbons (Fsp3) is 1.00. The predicted octanol–water partition coefficient (Wildman–Crippen LogP) is 4.26. The number of hydrogen-bond acceptors (Lipinski definition) is 2. The SMILES string of the molecule is CC(C)(C)C1CCN(CC2CCN(C(C)(C)C)CC2)CC1. The maximum Gasteiger partial charge on any atom is 0.0125 e. The van der Waals surface area contributed by atoms with Crippen LogP contribution < -0.4 is 0 Å². The van der Waals surface area contributed by atoms with Crippen molar-refractivity contribution in [2.45, 2.75) is 72.8 Å². The Bertz CT molecular complexity index is 275. The van der Waals surface area contributed by atoms with Crippen molar-refractivity contribution in [1.29, 1.82) is 0 Å². The molecule has 0 aromatic carbocycles. The molecule has 21 heavy (non-hydrogen) atoms. The Morgan fingerprint density at radius 3 is 1.71 bits per heavy atom. The molecule has 2 heteroatoms. The second kappa shape index (κ2) is 6.58. The van der Waals surface area contributed by atoms with E-state index in [0.29, 0.717) is 11.0 Å². The molecule has 0 N–H and O–H groups in total. The Hall–Kier alpha value is -0.0800. The van der Waals surface area contributed by atoms with Gasteiger partial charge < -0.3 is 4.90 Å². The van der Waals surface area contributed by atoms with Crippen LogP contribution in [0.15, 0.2) is 0 Å². The molecule has 0 radical (unpaired) electrons. The third kappa shape index (κ3) is 4.96.